The summed E-state index contributed by atoms with van der Waals surface area (Å²) < 4.78 is 22.5. The smallest absolute Gasteiger partial charge is 0.188 e. The SMILES string of the molecule is COCOc1ccc(C2(c3ccc(OCOC)cc3)c3cc(-c4ccc(N(c5ccccc5)c5ccccc5)cc4)ccc3-c3ccc(-c4ccc(N(c5ccccc5)c5ccccc5)cc4)cc32)cc1. The Morgan fingerprint density at radius 1 is 0.310 bits per heavy atom. The Morgan fingerprint density at radius 3 is 0.915 bits per heavy atom. The minimum Gasteiger partial charge on any atom is -0.468 e. The summed E-state index contributed by atoms with van der Waals surface area (Å²) in [6.07, 6.45) is 0. The fourth-order valence-corrected chi connectivity index (χ4v) is 10.1. The molecular weight excluding hydrogens is 873 g/mol. The fourth-order valence-electron chi connectivity index (χ4n) is 10.1. The number of hydrogen-bond donors (Lipinski definition) is 0. The van der Waals surface area contributed by atoms with Gasteiger partial charge in [-0.3, -0.25) is 0 Å². The van der Waals surface area contributed by atoms with Crippen LogP contribution in [0.25, 0.3) is 33.4 Å². The van der Waals surface area contributed by atoms with Gasteiger partial charge in [0.2, 0.25) is 0 Å². The van der Waals surface area contributed by atoms with Crippen molar-refractivity contribution in [3.63, 3.8) is 0 Å². The van der Waals surface area contributed by atoms with Gasteiger partial charge in [-0.1, -0.05) is 146 Å². The summed E-state index contributed by atoms with van der Waals surface area (Å²) >= 11 is 0. The first-order chi connectivity index (χ1) is 35.1. The molecule has 6 nitrogen and oxygen atoms in total. The van der Waals surface area contributed by atoms with Crippen LogP contribution in [0.3, 0.4) is 0 Å². The van der Waals surface area contributed by atoms with Gasteiger partial charge >= 0.3 is 0 Å². The monoisotopic (exact) mass is 924 g/mol. The zero-order valence-electron chi connectivity index (χ0n) is 39.7. The number of fused-ring (bicyclic) bond motifs is 3. The van der Waals surface area contributed by atoms with Crippen molar-refractivity contribution >= 4 is 34.1 Å². The van der Waals surface area contributed by atoms with Crippen LogP contribution in [0, 0.1) is 0 Å². The molecule has 1 aliphatic rings. The third-order valence-corrected chi connectivity index (χ3v) is 13.4. The van der Waals surface area contributed by atoms with Gasteiger partial charge < -0.3 is 28.7 Å². The number of hydrogen-bond acceptors (Lipinski definition) is 6. The van der Waals surface area contributed by atoms with Gasteiger partial charge in [0.15, 0.2) is 13.6 Å². The number of methoxy groups -OCH3 is 2. The molecule has 0 aliphatic heterocycles. The summed E-state index contributed by atoms with van der Waals surface area (Å²) in [5.41, 5.74) is 17.2. The van der Waals surface area contributed by atoms with Crippen molar-refractivity contribution in [2.45, 2.75) is 5.41 Å². The number of rotatable bonds is 16. The molecule has 346 valence electrons. The predicted molar refractivity (Wildman–Crippen MR) is 289 cm³/mol. The molecule has 10 aromatic rings. The first-order valence-electron chi connectivity index (χ1n) is 23.9. The molecule has 0 N–H and O–H groups in total. The van der Waals surface area contributed by atoms with Crippen molar-refractivity contribution in [2.75, 3.05) is 37.6 Å². The molecule has 0 saturated carbocycles. The molecule has 0 atom stereocenters. The van der Waals surface area contributed by atoms with Crippen molar-refractivity contribution in [2.24, 2.45) is 0 Å². The van der Waals surface area contributed by atoms with Gasteiger partial charge in [0.25, 0.3) is 0 Å². The highest BCUT2D eigenvalue weighted by Crippen LogP contribution is 2.58. The van der Waals surface area contributed by atoms with E-state index in [1.165, 1.54) is 22.3 Å². The minimum atomic E-state index is -0.745. The molecule has 0 bridgehead atoms. The van der Waals surface area contributed by atoms with E-state index in [0.717, 1.165) is 79.0 Å². The standard InChI is InChI=1S/C65H52N2O4/c1-68-45-70-59-37-29-51(30-38-59)65(52-31-39-60(40-32-52)71-46-69-2)63-43-49(47-23-33-57(34-24-47)66(53-15-7-3-8-16-53)54-17-9-4-10-18-54)27-41-61(63)62-42-28-50(44-64(62)65)48-25-35-58(36-26-48)67(55-19-11-5-12-20-55)56-21-13-6-14-22-56/h3-44H,45-46H2,1-2H3. The fraction of sp³-hybridized carbons (Fsp3) is 0.0769. The van der Waals surface area contributed by atoms with Crippen molar-refractivity contribution in [3.8, 4) is 44.9 Å². The van der Waals surface area contributed by atoms with Crippen LogP contribution >= 0.6 is 0 Å². The van der Waals surface area contributed by atoms with Gasteiger partial charge in [-0.05, 0) is 165 Å². The summed E-state index contributed by atoms with van der Waals surface area (Å²) in [4.78, 5) is 4.59. The Balaban J connectivity index is 1.06. The van der Waals surface area contributed by atoms with Crippen LogP contribution in [0.4, 0.5) is 34.1 Å². The molecule has 6 heteroatoms. The van der Waals surface area contributed by atoms with Crippen LogP contribution < -0.4 is 19.3 Å². The molecule has 10 aromatic carbocycles. The second kappa shape index (κ2) is 20.1. The maximum absolute atomic E-state index is 5.97. The summed E-state index contributed by atoms with van der Waals surface area (Å²) in [6.45, 7) is 0.318. The summed E-state index contributed by atoms with van der Waals surface area (Å²) in [5, 5.41) is 0. The zero-order valence-corrected chi connectivity index (χ0v) is 39.7. The lowest BCUT2D eigenvalue weighted by Crippen LogP contribution is -2.28. The average molecular weight is 925 g/mol. The predicted octanol–water partition coefficient (Wildman–Crippen LogP) is 16.3. The molecule has 0 spiro atoms. The highest BCUT2D eigenvalue weighted by molar-refractivity contribution is 5.91. The van der Waals surface area contributed by atoms with Crippen LogP contribution in [0.5, 0.6) is 11.5 Å². The number of benzene rings is 10. The van der Waals surface area contributed by atoms with E-state index in [2.05, 4.69) is 240 Å². The van der Waals surface area contributed by atoms with Gasteiger partial charge in [0, 0.05) is 48.3 Å². The largest absolute Gasteiger partial charge is 0.468 e. The molecule has 0 unspecified atom stereocenters. The summed E-state index contributed by atoms with van der Waals surface area (Å²) in [5.74, 6) is 1.46. The van der Waals surface area contributed by atoms with Gasteiger partial charge in [0.1, 0.15) is 11.5 Å². The Kier molecular flexibility index (Phi) is 12.7. The van der Waals surface area contributed by atoms with Gasteiger partial charge in [0.05, 0.1) is 5.41 Å². The van der Waals surface area contributed by atoms with Crippen LogP contribution in [-0.2, 0) is 14.9 Å². The van der Waals surface area contributed by atoms with Crippen molar-refractivity contribution in [3.05, 3.63) is 277 Å². The Bertz CT molecular complexity index is 3040. The second-order valence-corrected chi connectivity index (χ2v) is 17.5. The van der Waals surface area contributed by atoms with E-state index in [9.17, 15) is 0 Å². The molecule has 1 aliphatic carbocycles. The normalized spacial score (nSPS) is 12.1. The topological polar surface area (TPSA) is 43.4 Å². The third-order valence-electron chi connectivity index (χ3n) is 13.4. The highest BCUT2D eigenvalue weighted by Gasteiger charge is 2.46. The average Bonchev–Trinajstić information content (AvgIpc) is 3.73. The lowest BCUT2D eigenvalue weighted by molar-refractivity contribution is 0.0509. The first-order valence-corrected chi connectivity index (χ1v) is 23.9. The zero-order chi connectivity index (χ0) is 48.0. The Morgan fingerprint density at radius 2 is 0.606 bits per heavy atom. The highest BCUT2D eigenvalue weighted by atomic mass is 16.7. The van der Waals surface area contributed by atoms with Gasteiger partial charge in [-0.15, -0.1) is 0 Å². The van der Waals surface area contributed by atoms with Gasteiger partial charge in [-0.2, -0.15) is 0 Å². The Labute approximate surface area is 416 Å². The second-order valence-electron chi connectivity index (χ2n) is 17.5. The van der Waals surface area contributed by atoms with E-state index in [4.69, 9.17) is 18.9 Å². The maximum atomic E-state index is 5.97. The van der Waals surface area contributed by atoms with Gasteiger partial charge in [-0.25, -0.2) is 0 Å². The Hall–Kier alpha value is -8.68. The summed E-state index contributed by atoms with van der Waals surface area (Å²) in [6, 6.07) is 90.9. The van der Waals surface area contributed by atoms with E-state index >= 15 is 0 Å². The molecule has 0 amide bonds. The lowest BCUT2D eigenvalue weighted by atomic mass is 9.67. The van der Waals surface area contributed by atoms with E-state index in [0.29, 0.717) is 0 Å². The van der Waals surface area contributed by atoms with Crippen molar-refractivity contribution in [1.29, 1.82) is 0 Å². The molecule has 0 radical (unpaired) electrons. The molecule has 0 fully saturated rings. The molecular formula is C65H52N2O4. The quantitative estimate of drug-likeness (QED) is 0.0900. The number of nitrogens with zero attached hydrogens (tertiary/aromatic N) is 2. The van der Waals surface area contributed by atoms with Crippen LogP contribution in [-0.4, -0.2) is 27.8 Å². The number of ether oxygens (including phenoxy) is 4. The molecule has 11 rings (SSSR count). The summed E-state index contributed by atoms with van der Waals surface area (Å²) in [7, 11) is 3.27. The minimum absolute atomic E-state index is 0.159. The van der Waals surface area contributed by atoms with E-state index < -0.39 is 5.41 Å². The lowest BCUT2D eigenvalue weighted by Gasteiger charge is -2.34. The first kappa shape index (κ1) is 44.8. The molecule has 0 saturated heterocycles. The molecule has 0 aromatic heterocycles. The van der Waals surface area contributed by atoms with E-state index in [1.807, 2.05) is 24.3 Å². The van der Waals surface area contributed by atoms with E-state index in [-0.39, 0.29) is 13.6 Å². The van der Waals surface area contributed by atoms with Crippen molar-refractivity contribution < 1.29 is 18.9 Å². The molecule has 71 heavy (non-hydrogen) atoms. The van der Waals surface area contributed by atoms with Crippen LogP contribution in [0.15, 0.2) is 255 Å². The molecule has 0 heterocycles. The number of para-hydroxylation sites is 4. The van der Waals surface area contributed by atoms with E-state index in [1.54, 1.807) is 14.2 Å². The van der Waals surface area contributed by atoms with Crippen molar-refractivity contribution in [1.82, 2.24) is 0 Å². The van der Waals surface area contributed by atoms with Crippen LogP contribution in [0.1, 0.15) is 22.3 Å². The maximum Gasteiger partial charge on any atom is 0.188 e. The third kappa shape index (κ3) is 8.72. The van der Waals surface area contributed by atoms with Crippen LogP contribution in [0.2, 0.25) is 0 Å². The number of anilines is 6.